The third-order valence-electron chi connectivity index (χ3n) is 14.7. The molecule has 0 bridgehead atoms. The lowest BCUT2D eigenvalue weighted by molar-refractivity contribution is 0.341. The van der Waals surface area contributed by atoms with Gasteiger partial charge in [0.25, 0.3) is 0 Å². The Morgan fingerprint density at radius 3 is 1.38 bits per heavy atom. The van der Waals surface area contributed by atoms with Gasteiger partial charge in [-0.25, -0.2) is 0 Å². The van der Waals surface area contributed by atoms with Crippen molar-refractivity contribution in [3.05, 3.63) is 109 Å². The Bertz CT molecular complexity index is 2260. The predicted octanol–water partition coefficient (Wildman–Crippen LogP) is 21.1. The topological polar surface area (TPSA) is 55.9 Å². The zero-order valence-corrected chi connectivity index (χ0v) is 43.1. The highest BCUT2D eigenvalue weighted by atomic mass is 15.4. The number of fused-ring (bicyclic) bond motifs is 1. The molecule has 0 aliphatic carbocycles. The van der Waals surface area contributed by atoms with E-state index in [4.69, 9.17) is 15.3 Å². The minimum atomic E-state index is -0.0956. The number of hydrogen-bond acceptors (Lipinski definition) is 6. The number of azo groups is 2. The summed E-state index contributed by atoms with van der Waals surface area (Å²) in [5.74, 6) is 0. The van der Waals surface area contributed by atoms with Gasteiger partial charge in [-0.3, -0.25) is 0 Å². The molecule has 1 unspecified atom stereocenters. The lowest BCUT2D eigenvalue weighted by Crippen LogP contribution is -2.62. The highest BCUT2D eigenvalue weighted by Crippen LogP contribution is 2.50. The molecule has 0 saturated carbocycles. The van der Waals surface area contributed by atoms with Crippen LogP contribution >= 0.6 is 0 Å². The van der Waals surface area contributed by atoms with Crippen molar-refractivity contribution < 1.29 is 0 Å². The molecule has 0 aromatic heterocycles. The minimum absolute atomic E-state index is 0.0956. The summed E-state index contributed by atoms with van der Waals surface area (Å²) < 4.78 is 0. The average Bonchev–Trinajstić information content (AvgIpc) is 3.36. The molecule has 0 N–H and O–H groups in total. The van der Waals surface area contributed by atoms with Crippen LogP contribution in [0.5, 0.6) is 0 Å². The van der Waals surface area contributed by atoms with E-state index in [1.165, 1.54) is 188 Å². The van der Waals surface area contributed by atoms with Gasteiger partial charge >= 0.3 is 0 Å². The van der Waals surface area contributed by atoms with Crippen LogP contribution in [0, 0.1) is 0 Å². The molecule has 5 aromatic carbocycles. The van der Waals surface area contributed by atoms with E-state index in [1.54, 1.807) is 0 Å². The lowest BCUT2D eigenvalue weighted by Gasteiger charge is -2.55. The first-order valence-corrected chi connectivity index (χ1v) is 27.7. The van der Waals surface area contributed by atoms with Gasteiger partial charge in [-0.05, 0) is 93.5 Å². The summed E-state index contributed by atoms with van der Waals surface area (Å²) in [4.78, 5) is 5.70. The molecule has 0 amide bonds. The van der Waals surface area contributed by atoms with Crippen LogP contribution in [0.15, 0.2) is 124 Å². The van der Waals surface area contributed by atoms with Crippen molar-refractivity contribution in [2.45, 2.75) is 207 Å². The molecule has 0 saturated heterocycles. The van der Waals surface area contributed by atoms with Crippen LogP contribution in [-0.4, -0.2) is 18.8 Å². The van der Waals surface area contributed by atoms with Gasteiger partial charge in [0.2, 0.25) is 0 Å². The number of benzene rings is 5. The summed E-state index contributed by atoms with van der Waals surface area (Å²) in [5.41, 5.74) is 7.33. The molecule has 5 aromatic rings. The maximum absolute atomic E-state index is 5.09. The summed E-state index contributed by atoms with van der Waals surface area (Å²) >= 11 is 0. The van der Waals surface area contributed by atoms with Crippen molar-refractivity contribution in [3.8, 4) is 0 Å². The Labute approximate surface area is 413 Å². The molecule has 6 heteroatoms. The van der Waals surface area contributed by atoms with E-state index in [1.807, 2.05) is 30.3 Å². The van der Waals surface area contributed by atoms with Crippen LogP contribution in [0.3, 0.4) is 0 Å². The van der Waals surface area contributed by atoms with Gasteiger partial charge in [0.05, 0.1) is 22.7 Å². The fraction of sp³-hybridized carbons (Fsp3) is 0.548. The molecular weight excluding hydrogens is 829 g/mol. The molecule has 366 valence electrons. The van der Waals surface area contributed by atoms with E-state index in [2.05, 4.69) is 116 Å². The van der Waals surface area contributed by atoms with Crippen molar-refractivity contribution in [2.75, 3.05) is 22.9 Å². The highest BCUT2D eigenvalue weighted by Gasteiger charge is 2.42. The SMILES string of the molecule is C=CCCc1ccc(/N=N/c2ccc(/N=N/c3ccc4c5c(cccc35)N(CCCCCCCCCC)C(C)(CCCCCCCCCC)N4CCCCCCCCCC)c3ccccc23)cc1. The first-order valence-electron chi connectivity index (χ1n) is 27.7. The van der Waals surface area contributed by atoms with Crippen LogP contribution in [0.1, 0.15) is 200 Å². The van der Waals surface area contributed by atoms with Crippen LogP contribution in [0.4, 0.5) is 34.1 Å². The average molecular weight is 917 g/mol. The minimum Gasteiger partial charge on any atom is -0.348 e. The second-order valence-electron chi connectivity index (χ2n) is 20.0. The second kappa shape index (κ2) is 29.2. The Morgan fingerprint density at radius 1 is 0.441 bits per heavy atom. The first-order chi connectivity index (χ1) is 33.5. The summed E-state index contributed by atoms with van der Waals surface area (Å²) in [6, 6.07) is 32.3. The number of aryl methyl sites for hydroxylation is 1. The molecule has 0 radical (unpaired) electrons. The quantitative estimate of drug-likeness (QED) is 0.0234. The number of nitrogens with zero attached hydrogens (tertiary/aromatic N) is 6. The fourth-order valence-electron chi connectivity index (χ4n) is 10.6. The Kier molecular flexibility index (Phi) is 22.6. The molecule has 1 heterocycles. The Balaban J connectivity index is 1.29. The molecule has 6 rings (SSSR count). The molecule has 6 nitrogen and oxygen atoms in total. The Hall–Kier alpha value is -4.84. The Morgan fingerprint density at radius 2 is 0.868 bits per heavy atom. The van der Waals surface area contributed by atoms with Crippen LogP contribution in [-0.2, 0) is 6.42 Å². The fourth-order valence-corrected chi connectivity index (χ4v) is 10.6. The van der Waals surface area contributed by atoms with Crippen molar-refractivity contribution in [1.82, 2.24) is 0 Å². The third kappa shape index (κ3) is 15.1. The number of hydrogen-bond donors (Lipinski definition) is 0. The van der Waals surface area contributed by atoms with Crippen LogP contribution in [0.25, 0.3) is 21.5 Å². The van der Waals surface area contributed by atoms with E-state index in [-0.39, 0.29) is 5.66 Å². The van der Waals surface area contributed by atoms with Gasteiger partial charge in [-0.1, -0.05) is 210 Å². The number of allylic oxidation sites excluding steroid dienone is 1. The van der Waals surface area contributed by atoms with Gasteiger partial charge in [-0.15, -0.1) is 21.9 Å². The number of unbranched alkanes of at least 4 members (excludes halogenated alkanes) is 21. The summed E-state index contributed by atoms with van der Waals surface area (Å²) in [6.45, 7) is 15.6. The van der Waals surface area contributed by atoms with Gasteiger partial charge in [0.15, 0.2) is 0 Å². The van der Waals surface area contributed by atoms with Gasteiger partial charge in [-0.2, -0.15) is 5.11 Å². The van der Waals surface area contributed by atoms with E-state index in [9.17, 15) is 0 Å². The smallest absolute Gasteiger partial charge is 0.110 e. The van der Waals surface area contributed by atoms with Crippen LogP contribution < -0.4 is 9.80 Å². The van der Waals surface area contributed by atoms with Crippen molar-refractivity contribution in [2.24, 2.45) is 20.5 Å². The van der Waals surface area contributed by atoms with Crippen molar-refractivity contribution in [3.63, 3.8) is 0 Å². The zero-order chi connectivity index (χ0) is 47.7. The molecule has 68 heavy (non-hydrogen) atoms. The molecule has 1 atom stereocenters. The zero-order valence-electron chi connectivity index (χ0n) is 43.1. The molecule has 0 fully saturated rings. The lowest BCUT2D eigenvalue weighted by atomic mass is 9.90. The predicted molar refractivity (Wildman–Crippen MR) is 297 cm³/mol. The van der Waals surface area contributed by atoms with Gasteiger partial charge in [0.1, 0.15) is 5.66 Å². The third-order valence-corrected chi connectivity index (χ3v) is 14.7. The first kappa shape index (κ1) is 52.5. The van der Waals surface area contributed by atoms with E-state index >= 15 is 0 Å². The maximum atomic E-state index is 5.09. The highest BCUT2D eigenvalue weighted by molar-refractivity contribution is 6.10. The normalized spacial score (nSPS) is 14.9. The summed E-state index contributed by atoms with van der Waals surface area (Å²) in [6.07, 6.45) is 37.2. The largest absolute Gasteiger partial charge is 0.348 e. The van der Waals surface area contributed by atoms with Crippen LogP contribution in [0.2, 0.25) is 0 Å². The second-order valence-corrected chi connectivity index (χ2v) is 20.0. The summed E-state index contributed by atoms with van der Waals surface area (Å²) in [5, 5.41) is 24.0. The summed E-state index contributed by atoms with van der Waals surface area (Å²) in [7, 11) is 0. The van der Waals surface area contributed by atoms with E-state index in [0.717, 1.165) is 59.5 Å². The molecule has 0 spiro atoms. The van der Waals surface area contributed by atoms with Crippen molar-refractivity contribution in [1.29, 1.82) is 0 Å². The van der Waals surface area contributed by atoms with Crippen molar-refractivity contribution >= 4 is 55.7 Å². The van der Waals surface area contributed by atoms with Gasteiger partial charge in [0, 0.05) is 46.0 Å². The van der Waals surface area contributed by atoms with E-state index < -0.39 is 0 Å². The molecular formula is C62H88N6. The molecule has 1 aliphatic rings. The maximum Gasteiger partial charge on any atom is 0.110 e. The number of anilines is 2. The van der Waals surface area contributed by atoms with Gasteiger partial charge < -0.3 is 9.80 Å². The molecule has 1 aliphatic heterocycles. The number of rotatable bonds is 34. The monoisotopic (exact) mass is 917 g/mol. The van der Waals surface area contributed by atoms with E-state index in [0.29, 0.717) is 0 Å². The standard InChI is InChI=1S/C62H88N6/c1-6-10-14-17-20-23-26-31-48-62(5)67(49-32-27-24-21-18-15-11-7-2)59-39-34-38-55-58(46-47-60(61(55)59)68(62)50-33-28-25-22-19-16-12-8-3)66-65-57-45-44-56(53-36-29-30-37-54(53)57)64-63-52-42-40-51(41-43-52)35-13-9-4/h9,29-30,34,36-47H,4,6-8,10-28,31-33,35,48-50H2,1-3,5H3/b64-63+,66-65+.